The molecule has 0 atom stereocenters. The van der Waals surface area contributed by atoms with Crippen LogP contribution in [-0.2, 0) is 14.3 Å². The first-order chi connectivity index (χ1) is 10.9. The quantitative estimate of drug-likeness (QED) is 0.823. The van der Waals surface area contributed by atoms with Gasteiger partial charge in [-0.15, -0.1) is 0 Å². The third kappa shape index (κ3) is 5.07. The third-order valence-corrected chi connectivity index (χ3v) is 3.89. The zero-order valence-corrected chi connectivity index (χ0v) is 13.1. The molecule has 1 amide bonds. The molecule has 1 heterocycles. The summed E-state index contributed by atoms with van der Waals surface area (Å²) < 4.78 is 23.4. The smallest absolute Gasteiger partial charge is 0.305 e. The predicted octanol–water partition coefficient (Wildman–Crippen LogP) is 2.00. The molecule has 1 aliphatic heterocycles. The van der Waals surface area contributed by atoms with Crippen molar-refractivity contribution in [3.05, 3.63) is 29.0 Å². The Labute approximate surface area is 137 Å². The number of carbonyl (C=O) groups excluding carboxylic acids is 1. The Bertz CT molecular complexity index is 589. The number of halogens is 2. The first-order valence-corrected chi connectivity index (χ1v) is 7.46. The SMILES string of the molecule is O=C(O)CC1(NC(=O)COc2ccc(F)cc2Cl)CCOCC1. The third-order valence-electron chi connectivity index (χ3n) is 3.60. The van der Waals surface area contributed by atoms with Gasteiger partial charge in [0.2, 0.25) is 0 Å². The number of carboxylic acid groups (broad SMARTS) is 1. The maximum absolute atomic E-state index is 12.9. The van der Waals surface area contributed by atoms with Gasteiger partial charge in [0.15, 0.2) is 6.61 Å². The van der Waals surface area contributed by atoms with E-state index >= 15 is 0 Å². The number of aliphatic carboxylic acids is 1. The van der Waals surface area contributed by atoms with Crippen molar-refractivity contribution >= 4 is 23.5 Å². The summed E-state index contributed by atoms with van der Waals surface area (Å²) in [4.78, 5) is 23.1. The van der Waals surface area contributed by atoms with Gasteiger partial charge in [0.25, 0.3) is 5.91 Å². The molecule has 0 bridgehead atoms. The average Bonchev–Trinajstić information content (AvgIpc) is 2.46. The highest BCUT2D eigenvalue weighted by Gasteiger charge is 2.36. The largest absolute Gasteiger partial charge is 0.482 e. The number of hydrogen-bond donors (Lipinski definition) is 2. The van der Waals surface area contributed by atoms with Crippen molar-refractivity contribution in [3.63, 3.8) is 0 Å². The van der Waals surface area contributed by atoms with E-state index in [1.165, 1.54) is 12.1 Å². The van der Waals surface area contributed by atoms with Crippen molar-refractivity contribution in [3.8, 4) is 5.75 Å². The molecule has 2 N–H and O–H groups in total. The number of carboxylic acids is 1. The molecule has 8 heteroatoms. The fourth-order valence-electron chi connectivity index (χ4n) is 2.46. The van der Waals surface area contributed by atoms with Crippen molar-refractivity contribution in [1.82, 2.24) is 5.32 Å². The van der Waals surface area contributed by atoms with E-state index < -0.39 is 23.2 Å². The molecule has 126 valence electrons. The van der Waals surface area contributed by atoms with E-state index in [-0.39, 0.29) is 23.8 Å². The van der Waals surface area contributed by atoms with E-state index in [2.05, 4.69) is 5.32 Å². The van der Waals surface area contributed by atoms with E-state index in [1.54, 1.807) is 0 Å². The van der Waals surface area contributed by atoms with E-state index in [0.717, 1.165) is 6.07 Å². The average molecular weight is 346 g/mol. The Balaban J connectivity index is 1.95. The normalized spacial score (nSPS) is 16.6. The van der Waals surface area contributed by atoms with Gasteiger partial charge in [-0.2, -0.15) is 0 Å². The second-order valence-electron chi connectivity index (χ2n) is 5.37. The van der Waals surface area contributed by atoms with Gasteiger partial charge in [-0.05, 0) is 31.0 Å². The van der Waals surface area contributed by atoms with Crippen LogP contribution in [0, 0.1) is 5.82 Å². The van der Waals surface area contributed by atoms with Crippen molar-refractivity contribution in [2.45, 2.75) is 24.8 Å². The molecule has 1 aromatic rings. The number of benzene rings is 1. The lowest BCUT2D eigenvalue weighted by molar-refractivity contribution is -0.140. The van der Waals surface area contributed by atoms with E-state index in [4.69, 9.17) is 26.2 Å². The van der Waals surface area contributed by atoms with Gasteiger partial charge in [0.05, 0.1) is 17.0 Å². The van der Waals surface area contributed by atoms with Crippen molar-refractivity contribution in [2.24, 2.45) is 0 Å². The van der Waals surface area contributed by atoms with E-state index in [0.29, 0.717) is 26.1 Å². The Kier molecular flexibility index (Phi) is 5.79. The molecule has 1 aliphatic rings. The molecule has 0 aliphatic carbocycles. The summed E-state index contributed by atoms with van der Waals surface area (Å²) in [6.07, 6.45) is 0.657. The molecule has 0 saturated carbocycles. The molecular weight excluding hydrogens is 329 g/mol. The summed E-state index contributed by atoms with van der Waals surface area (Å²) in [7, 11) is 0. The number of nitrogens with one attached hydrogen (secondary N) is 1. The van der Waals surface area contributed by atoms with Crippen LogP contribution in [0.4, 0.5) is 4.39 Å². The summed E-state index contributed by atoms with van der Waals surface area (Å²) in [5.41, 5.74) is -0.836. The molecule has 0 radical (unpaired) electrons. The van der Waals surface area contributed by atoms with Crippen LogP contribution in [0.1, 0.15) is 19.3 Å². The zero-order valence-electron chi connectivity index (χ0n) is 12.3. The second-order valence-corrected chi connectivity index (χ2v) is 5.78. The van der Waals surface area contributed by atoms with Gasteiger partial charge in [0, 0.05) is 13.2 Å². The molecule has 0 unspecified atom stereocenters. The lowest BCUT2D eigenvalue weighted by atomic mass is 9.86. The van der Waals surface area contributed by atoms with Crippen LogP contribution in [0.5, 0.6) is 5.75 Å². The van der Waals surface area contributed by atoms with Gasteiger partial charge in [-0.1, -0.05) is 11.6 Å². The number of ether oxygens (including phenoxy) is 2. The monoisotopic (exact) mass is 345 g/mol. The first-order valence-electron chi connectivity index (χ1n) is 7.09. The van der Waals surface area contributed by atoms with Crippen LogP contribution in [-0.4, -0.2) is 42.3 Å². The Morgan fingerprint density at radius 3 is 2.70 bits per heavy atom. The molecule has 0 spiro atoms. The molecule has 1 aromatic carbocycles. The van der Waals surface area contributed by atoms with Crippen LogP contribution < -0.4 is 10.1 Å². The van der Waals surface area contributed by atoms with Gasteiger partial charge in [0.1, 0.15) is 11.6 Å². The molecule has 23 heavy (non-hydrogen) atoms. The van der Waals surface area contributed by atoms with Crippen LogP contribution in [0.3, 0.4) is 0 Å². The number of rotatable bonds is 6. The lowest BCUT2D eigenvalue weighted by Gasteiger charge is -2.36. The minimum atomic E-state index is -0.991. The molecule has 1 fully saturated rings. The van der Waals surface area contributed by atoms with Crippen LogP contribution in [0.15, 0.2) is 18.2 Å². The van der Waals surface area contributed by atoms with Crippen LogP contribution in [0.25, 0.3) is 0 Å². The Morgan fingerprint density at radius 1 is 1.39 bits per heavy atom. The minimum absolute atomic E-state index is 0.0594. The molecule has 1 saturated heterocycles. The lowest BCUT2D eigenvalue weighted by Crippen LogP contribution is -2.54. The maximum atomic E-state index is 12.9. The van der Waals surface area contributed by atoms with E-state index in [1.807, 2.05) is 0 Å². The fourth-order valence-corrected chi connectivity index (χ4v) is 2.69. The highest BCUT2D eigenvalue weighted by molar-refractivity contribution is 6.32. The highest BCUT2D eigenvalue weighted by atomic mass is 35.5. The number of hydrogen-bond acceptors (Lipinski definition) is 4. The first kappa shape index (κ1) is 17.5. The number of amides is 1. The van der Waals surface area contributed by atoms with Crippen molar-refractivity contribution in [2.75, 3.05) is 19.8 Å². The van der Waals surface area contributed by atoms with Crippen molar-refractivity contribution < 1.29 is 28.6 Å². The topological polar surface area (TPSA) is 84.9 Å². The van der Waals surface area contributed by atoms with Crippen LogP contribution in [0.2, 0.25) is 5.02 Å². The molecule has 2 rings (SSSR count). The summed E-state index contributed by atoms with van der Waals surface area (Å²) in [6, 6.07) is 3.58. The molecule has 0 aromatic heterocycles. The number of carbonyl (C=O) groups is 2. The molecule has 6 nitrogen and oxygen atoms in total. The maximum Gasteiger partial charge on any atom is 0.305 e. The van der Waals surface area contributed by atoms with Gasteiger partial charge < -0.3 is 19.9 Å². The standard InChI is InChI=1S/C15H17ClFNO5/c16-11-7-10(17)1-2-12(11)23-9-13(19)18-15(8-14(20)21)3-5-22-6-4-15/h1-2,7H,3-6,8-9H2,(H,18,19)(H,20,21). The Hall–Kier alpha value is -1.86. The van der Waals surface area contributed by atoms with E-state index in [9.17, 15) is 14.0 Å². The summed E-state index contributed by atoms with van der Waals surface area (Å²) in [5.74, 6) is -1.78. The van der Waals surface area contributed by atoms with Crippen LogP contribution >= 0.6 is 11.6 Å². The molecular formula is C15H17ClFNO5. The van der Waals surface area contributed by atoms with Gasteiger partial charge >= 0.3 is 5.97 Å². The summed E-state index contributed by atoms with van der Waals surface area (Å²) in [6.45, 7) is 0.435. The summed E-state index contributed by atoms with van der Waals surface area (Å²) in [5, 5.41) is 11.8. The highest BCUT2D eigenvalue weighted by Crippen LogP contribution is 2.26. The van der Waals surface area contributed by atoms with Gasteiger partial charge in [-0.3, -0.25) is 9.59 Å². The minimum Gasteiger partial charge on any atom is -0.482 e. The predicted molar refractivity (Wildman–Crippen MR) is 80.1 cm³/mol. The van der Waals surface area contributed by atoms with Gasteiger partial charge in [-0.25, -0.2) is 4.39 Å². The Morgan fingerprint density at radius 2 is 2.09 bits per heavy atom. The second kappa shape index (κ2) is 7.61. The fraction of sp³-hybridized carbons (Fsp3) is 0.467. The summed E-state index contributed by atoms with van der Waals surface area (Å²) >= 11 is 5.81. The van der Waals surface area contributed by atoms with Crippen molar-refractivity contribution in [1.29, 1.82) is 0 Å². The zero-order chi connectivity index (χ0) is 16.9.